The minimum Gasteiger partial charge on any atom is -0.493 e. The van der Waals surface area contributed by atoms with Crippen molar-refractivity contribution in [2.45, 2.75) is 20.0 Å². The van der Waals surface area contributed by atoms with Crippen molar-refractivity contribution in [1.29, 1.82) is 0 Å². The number of ether oxygens (including phenoxy) is 3. The molecule has 0 aliphatic heterocycles. The Hall–Kier alpha value is -3.33. The van der Waals surface area contributed by atoms with Gasteiger partial charge in [-0.05, 0) is 38.1 Å². The molecule has 2 N–H and O–H groups in total. The van der Waals surface area contributed by atoms with E-state index >= 15 is 0 Å². The first-order valence-electron chi connectivity index (χ1n) is 8.78. The number of methoxy groups -OCH3 is 1. The molecule has 0 atom stereocenters. The smallest absolute Gasteiger partial charge is 0.338 e. The first kappa shape index (κ1) is 23.0. The lowest BCUT2D eigenvalue weighted by Crippen LogP contribution is -2.37. The SMILES string of the molecule is COc1cc(C(=O)OCC(=O)NC(=O)Nc2ccccc2F)cc(Cl)c1OC(C)C. The summed E-state index contributed by atoms with van der Waals surface area (Å²) in [5.74, 6) is -1.95. The Morgan fingerprint density at radius 3 is 2.50 bits per heavy atom. The molecule has 3 amide bonds. The number of halogens is 2. The van der Waals surface area contributed by atoms with Gasteiger partial charge in [0, 0.05) is 0 Å². The minimum atomic E-state index is -0.971. The summed E-state index contributed by atoms with van der Waals surface area (Å²) in [5, 5.41) is 4.22. The van der Waals surface area contributed by atoms with E-state index in [1.807, 2.05) is 5.32 Å². The highest BCUT2D eigenvalue weighted by Crippen LogP contribution is 2.37. The lowest BCUT2D eigenvalue weighted by Gasteiger charge is -2.16. The van der Waals surface area contributed by atoms with Gasteiger partial charge in [0.1, 0.15) is 5.82 Å². The first-order valence-corrected chi connectivity index (χ1v) is 9.15. The average molecular weight is 439 g/mol. The number of carbonyl (C=O) groups is 3. The van der Waals surface area contributed by atoms with Crippen LogP contribution in [-0.4, -0.2) is 37.7 Å². The summed E-state index contributed by atoms with van der Waals surface area (Å²) >= 11 is 6.15. The summed E-state index contributed by atoms with van der Waals surface area (Å²) in [4.78, 5) is 35.8. The van der Waals surface area contributed by atoms with E-state index in [0.29, 0.717) is 0 Å². The first-order chi connectivity index (χ1) is 14.2. The highest BCUT2D eigenvalue weighted by atomic mass is 35.5. The van der Waals surface area contributed by atoms with Gasteiger partial charge in [0.25, 0.3) is 5.91 Å². The molecule has 30 heavy (non-hydrogen) atoms. The Balaban J connectivity index is 1.95. The molecule has 10 heteroatoms. The summed E-state index contributed by atoms with van der Waals surface area (Å²) in [6, 6.07) is 7.13. The predicted octanol–water partition coefficient (Wildman–Crippen LogP) is 3.78. The van der Waals surface area contributed by atoms with E-state index < -0.39 is 30.3 Å². The largest absolute Gasteiger partial charge is 0.493 e. The number of anilines is 1. The highest BCUT2D eigenvalue weighted by molar-refractivity contribution is 6.32. The lowest BCUT2D eigenvalue weighted by atomic mass is 10.2. The van der Waals surface area contributed by atoms with Crippen LogP contribution in [0.15, 0.2) is 36.4 Å². The number of hydrogen-bond acceptors (Lipinski definition) is 6. The van der Waals surface area contributed by atoms with Gasteiger partial charge < -0.3 is 19.5 Å². The number of nitrogens with one attached hydrogen (secondary N) is 2. The highest BCUT2D eigenvalue weighted by Gasteiger charge is 2.19. The third-order valence-corrected chi connectivity index (χ3v) is 3.81. The molecular weight excluding hydrogens is 419 g/mol. The van der Waals surface area contributed by atoms with E-state index in [-0.39, 0.29) is 33.9 Å². The molecule has 0 spiro atoms. The van der Waals surface area contributed by atoms with Crippen LogP contribution in [0.25, 0.3) is 0 Å². The van der Waals surface area contributed by atoms with E-state index in [9.17, 15) is 18.8 Å². The van der Waals surface area contributed by atoms with E-state index in [1.54, 1.807) is 13.8 Å². The number of rotatable bonds is 7. The molecule has 0 unspecified atom stereocenters. The molecule has 0 saturated carbocycles. The molecule has 0 aliphatic rings. The van der Waals surface area contributed by atoms with Gasteiger partial charge in [-0.15, -0.1) is 0 Å². The fraction of sp³-hybridized carbons (Fsp3) is 0.250. The van der Waals surface area contributed by atoms with Crippen LogP contribution in [0.5, 0.6) is 11.5 Å². The summed E-state index contributed by atoms with van der Waals surface area (Å²) in [5.41, 5.74) is -0.0817. The van der Waals surface area contributed by atoms with Gasteiger partial charge in [-0.25, -0.2) is 14.0 Å². The van der Waals surface area contributed by atoms with E-state index in [0.717, 1.165) is 6.07 Å². The van der Waals surface area contributed by atoms with Crippen molar-refractivity contribution in [3.8, 4) is 11.5 Å². The number of hydrogen-bond donors (Lipinski definition) is 2. The summed E-state index contributed by atoms with van der Waals surface area (Å²) in [7, 11) is 1.38. The van der Waals surface area contributed by atoms with Crippen LogP contribution in [-0.2, 0) is 9.53 Å². The zero-order chi connectivity index (χ0) is 22.3. The molecule has 2 rings (SSSR count). The number of imide groups is 1. The van der Waals surface area contributed by atoms with Gasteiger partial charge in [0.15, 0.2) is 18.1 Å². The van der Waals surface area contributed by atoms with Gasteiger partial charge >= 0.3 is 12.0 Å². The van der Waals surface area contributed by atoms with E-state index in [4.69, 9.17) is 25.8 Å². The number of amides is 3. The van der Waals surface area contributed by atoms with Crippen molar-refractivity contribution >= 4 is 35.2 Å². The third-order valence-electron chi connectivity index (χ3n) is 3.53. The van der Waals surface area contributed by atoms with Gasteiger partial charge in [-0.2, -0.15) is 0 Å². The van der Waals surface area contributed by atoms with Crippen LogP contribution in [0.1, 0.15) is 24.2 Å². The topological polar surface area (TPSA) is 103 Å². The van der Waals surface area contributed by atoms with Crippen molar-refractivity contribution in [3.05, 3.63) is 52.8 Å². The molecule has 2 aromatic rings. The molecule has 0 aromatic heterocycles. The standard InChI is InChI=1S/C20H20ClFN2O6/c1-11(2)30-18-13(21)8-12(9-16(18)28-3)19(26)29-10-17(25)24-20(27)23-15-7-5-4-6-14(15)22/h4-9,11H,10H2,1-3H3,(H2,23,24,25,27). The zero-order valence-electron chi connectivity index (χ0n) is 16.5. The molecule has 0 heterocycles. The monoisotopic (exact) mass is 438 g/mol. The molecule has 8 nitrogen and oxygen atoms in total. The van der Waals surface area contributed by atoms with Gasteiger partial charge in [-0.1, -0.05) is 23.7 Å². The average Bonchev–Trinajstić information content (AvgIpc) is 2.68. The van der Waals surface area contributed by atoms with Crippen molar-refractivity contribution in [2.24, 2.45) is 0 Å². The molecule has 0 bridgehead atoms. The predicted molar refractivity (Wildman–Crippen MR) is 108 cm³/mol. The Kier molecular flexibility index (Phi) is 7.99. The zero-order valence-corrected chi connectivity index (χ0v) is 17.2. The lowest BCUT2D eigenvalue weighted by molar-refractivity contribution is -0.123. The second-order valence-electron chi connectivity index (χ2n) is 6.21. The van der Waals surface area contributed by atoms with Crippen molar-refractivity contribution in [2.75, 3.05) is 19.0 Å². The van der Waals surface area contributed by atoms with Crippen molar-refractivity contribution < 1.29 is 33.0 Å². The van der Waals surface area contributed by atoms with Crippen LogP contribution < -0.4 is 20.1 Å². The minimum absolute atomic E-state index is 0.0246. The summed E-state index contributed by atoms with van der Waals surface area (Å²) in [6.07, 6.45) is -0.173. The number of urea groups is 1. The maximum atomic E-state index is 13.5. The molecule has 0 aliphatic carbocycles. The van der Waals surface area contributed by atoms with Gasteiger partial charge in [0.2, 0.25) is 0 Å². The summed E-state index contributed by atoms with van der Waals surface area (Å²) < 4.78 is 29.1. The quantitative estimate of drug-likeness (QED) is 0.638. The van der Waals surface area contributed by atoms with Crippen LogP contribution >= 0.6 is 11.6 Å². The van der Waals surface area contributed by atoms with E-state index in [2.05, 4.69) is 5.32 Å². The normalized spacial score (nSPS) is 10.3. The van der Waals surface area contributed by atoms with Crippen LogP contribution in [0, 0.1) is 5.82 Å². The number of benzene rings is 2. The van der Waals surface area contributed by atoms with Gasteiger partial charge in [-0.3, -0.25) is 10.1 Å². The Bertz CT molecular complexity index is 951. The second-order valence-corrected chi connectivity index (χ2v) is 6.62. The maximum absolute atomic E-state index is 13.5. The van der Waals surface area contributed by atoms with E-state index in [1.165, 1.54) is 37.4 Å². The van der Waals surface area contributed by atoms with Gasteiger partial charge in [0.05, 0.1) is 29.5 Å². The van der Waals surface area contributed by atoms with Crippen LogP contribution in [0.3, 0.4) is 0 Å². The molecule has 0 saturated heterocycles. The molecular formula is C20H20ClFN2O6. The summed E-state index contributed by atoms with van der Waals surface area (Å²) in [6.45, 7) is 2.87. The Labute approximate surface area is 177 Å². The Morgan fingerprint density at radius 1 is 1.17 bits per heavy atom. The van der Waals surface area contributed by atoms with Crippen LogP contribution in [0.2, 0.25) is 5.02 Å². The maximum Gasteiger partial charge on any atom is 0.338 e. The fourth-order valence-corrected chi connectivity index (χ4v) is 2.54. The van der Waals surface area contributed by atoms with Crippen LogP contribution in [0.4, 0.5) is 14.9 Å². The molecule has 2 aromatic carbocycles. The Morgan fingerprint density at radius 2 is 1.87 bits per heavy atom. The fourth-order valence-electron chi connectivity index (χ4n) is 2.28. The third kappa shape index (κ3) is 6.35. The molecule has 160 valence electrons. The molecule has 0 radical (unpaired) electrons. The number of esters is 1. The second kappa shape index (κ2) is 10.4. The van der Waals surface area contributed by atoms with Crippen molar-refractivity contribution in [1.82, 2.24) is 5.32 Å². The molecule has 0 fully saturated rings. The number of para-hydroxylation sites is 1. The van der Waals surface area contributed by atoms with Crippen molar-refractivity contribution in [3.63, 3.8) is 0 Å². The number of carbonyl (C=O) groups excluding carboxylic acids is 3.